The molecule has 0 fully saturated rings. The lowest BCUT2D eigenvalue weighted by molar-refractivity contribution is 0.357. The largest absolute Gasteiger partial charge is 0.493 e. The molecule has 1 aliphatic rings. The Kier molecular flexibility index (Phi) is 2.78. The fourth-order valence-corrected chi connectivity index (χ4v) is 2.80. The average Bonchev–Trinajstić information content (AvgIpc) is 2.99. The Balaban J connectivity index is 1.97. The standard InChI is InChI=1S/C12H13N3OS/c1-13-12(11-7-14-15-17-11)9-2-3-10-8(6-9)4-5-16-10/h2-3,6-7,12-13H,4-5H2,1H3. The van der Waals surface area contributed by atoms with Gasteiger partial charge in [0.2, 0.25) is 0 Å². The number of ether oxygens (including phenoxy) is 1. The molecule has 1 aliphatic heterocycles. The van der Waals surface area contributed by atoms with Crippen molar-refractivity contribution in [2.45, 2.75) is 12.5 Å². The maximum atomic E-state index is 5.52. The zero-order valence-corrected chi connectivity index (χ0v) is 10.3. The molecule has 1 N–H and O–H groups in total. The number of fused-ring (bicyclic) bond motifs is 1. The predicted molar refractivity (Wildman–Crippen MR) is 66.5 cm³/mol. The van der Waals surface area contributed by atoms with Gasteiger partial charge in [0.05, 0.1) is 23.7 Å². The van der Waals surface area contributed by atoms with E-state index in [1.54, 1.807) is 0 Å². The van der Waals surface area contributed by atoms with Gasteiger partial charge in [-0.15, -0.1) is 5.10 Å². The summed E-state index contributed by atoms with van der Waals surface area (Å²) in [5, 5.41) is 7.19. The molecule has 0 saturated heterocycles. The van der Waals surface area contributed by atoms with Gasteiger partial charge < -0.3 is 10.1 Å². The molecule has 4 nitrogen and oxygen atoms in total. The van der Waals surface area contributed by atoms with E-state index in [9.17, 15) is 0 Å². The molecule has 5 heteroatoms. The highest BCUT2D eigenvalue weighted by molar-refractivity contribution is 7.05. The molecule has 1 aromatic heterocycles. The van der Waals surface area contributed by atoms with Crippen LogP contribution in [0.1, 0.15) is 22.0 Å². The molecule has 1 aromatic carbocycles. The molecule has 88 valence electrons. The fourth-order valence-electron chi connectivity index (χ4n) is 2.16. The van der Waals surface area contributed by atoms with Crippen LogP contribution in [0.25, 0.3) is 0 Å². The number of aromatic nitrogens is 2. The van der Waals surface area contributed by atoms with Crippen molar-refractivity contribution in [3.8, 4) is 5.75 Å². The molecule has 0 bridgehead atoms. The molecule has 0 amide bonds. The molecule has 1 atom stereocenters. The first-order valence-corrected chi connectivity index (χ1v) is 6.36. The molecule has 0 radical (unpaired) electrons. The highest BCUT2D eigenvalue weighted by Crippen LogP contribution is 2.30. The summed E-state index contributed by atoms with van der Waals surface area (Å²) >= 11 is 1.43. The summed E-state index contributed by atoms with van der Waals surface area (Å²) in [5.74, 6) is 1.02. The van der Waals surface area contributed by atoms with E-state index >= 15 is 0 Å². The maximum absolute atomic E-state index is 5.52. The number of hydrogen-bond acceptors (Lipinski definition) is 5. The average molecular weight is 247 g/mol. The Hall–Kier alpha value is -1.46. The maximum Gasteiger partial charge on any atom is 0.122 e. The lowest BCUT2D eigenvalue weighted by Gasteiger charge is -2.14. The molecule has 0 saturated carbocycles. The third kappa shape index (κ3) is 1.92. The van der Waals surface area contributed by atoms with Crippen LogP contribution in [0, 0.1) is 0 Å². The molecule has 0 spiro atoms. The second-order valence-electron chi connectivity index (χ2n) is 4.01. The van der Waals surface area contributed by atoms with E-state index in [1.807, 2.05) is 13.2 Å². The van der Waals surface area contributed by atoms with Crippen molar-refractivity contribution in [2.75, 3.05) is 13.7 Å². The lowest BCUT2D eigenvalue weighted by Crippen LogP contribution is -2.16. The Morgan fingerprint density at radius 1 is 1.47 bits per heavy atom. The molecular weight excluding hydrogens is 234 g/mol. The summed E-state index contributed by atoms with van der Waals surface area (Å²) in [4.78, 5) is 1.13. The van der Waals surface area contributed by atoms with Crippen LogP contribution >= 0.6 is 11.5 Å². The van der Waals surface area contributed by atoms with Crippen LogP contribution in [0.15, 0.2) is 24.4 Å². The summed E-state index contributed by atoms with van der Waals surface area (Å²) in [6.07, 6.45) is 2.82. The second kappa shape index (κ2) is 4.43. The van der Waals surface area contributed by atoms with E-state index in [2.05, 4.69) is 33.1 Å². The van der Waals surface area contributed by atoms with Gasteiger partial charge in [0.15, 0.2) is 0 Å². The van der Waals surface area contributed by atoms with Gasteiger partial charge >= 0.3 is 0 Å². The molecule has 2 heterocycles. The van der Waals surface area contributed by atoms with Crippen LogP contribution in [0.4, 0.5) is 0 Å². The van der Waals surface area contributed by atoms with Crippen molar-refractivity contribution in [1.82, 2.24) is 14.9 Å². The number of nitrogens with zero attached hydrogens (tertiary/aromatic N) is 2. The van der Waals surface area contributed by atoms with E-state index in [4.69, 9.17) is 4.74 Å². The van der Waals surface area contributed by atoms with E-state index < -0.39 is 0 Å². The van der Waals surface area contributed by atoms with Crippen LogP contribution in [-0.2, 0) is 6.42 Å². The van der Waals surface area contributed by atoms with Crippen molar-refractivity contribution < 1.29 is 4.74 Å². The van der Waals surface area contributed by atoms with E-state index in [1.165, 1.54) is 22.7 Å². The third-order valence-corrected chi connectivity index (χ3v) is 3.73. The molecule has 17 heavy (non-hydrogen) atoms. The van der Waals surface area contributed by atoms with Crippen LogP contribution in [0.5, 0.6) is 5.75 Å². The number of benzene rings is 1. The Morgan fingerprint density at radius 2 is 2.41 bits per heavy atom. The van der Waals surface area contributed by atoms with Crippen molar-refractivity contribution in [3.05, 3.63) is 40.4 Å². The van der Waals surface area contributed by atoms with Crippen LogP contribution in [0.3, 0.4) is 0 Å². The molecule has 2 aromatic rings. The molecule has 3 rings (SSSR count). The SMILES string of the molecule is CNC(c1ccc2c(c1)CCO2)c1cnns1. The van der Waals surface area contributed by atoms with Crippen molar-refractivity contribution in [3.63, 3.8) is 0 Å². The highest BCUT2D eigenvalue weighted by Gasteiger charge is 2.18. The van der Waals surface area contributed by atoms with Gasteiger partial charge in [0, 0.05) is 6.42 Å². The van der Waals surface area contributed by atoms with E-state index in [-0.39, 0.29) is 6.04 Å². The van der Waals surface area contributed by atoms with Crippen molar-refractivity contribution in [1.29, 1.82) is 0 Å². The van der Waals surface area contributed by atoms with Gasteiger partial charge in [-0.1, -0.05) is 16.6 Å². The number of rotatable bonds is 3. The summed E-state index contributed by atoms with van der Waals surface area (Å²) in [7, 11) is 1.95. The number of hydrogen-bond donors (Lipinski definition) is 1. The first kappa shape index (κ1) is 10.7. The fraction of sp³-hybridized carbons (Fsp3) is 0.333. The van der Waals surface area contributed by atoms with Gasteiger partial charge in [-0.05, 0) is 35.8 Å². The van der Waals surface area contributed by atoms with Crippen molar-refractivity contribution in [2.24, 2.45) is 0 Å². The summed E-state index contributed by atoms with van der Waals surface area (Å²) in [5.41, 5.74) is 2.53. The van der Waals surface area contributed by atoms with Gasteiger partial charge in [-0.2, -0.15) is 0 Å². The summed E-state index contributed by atoms with van der Waals surface area (Å²) in [6.45, 7) is 0.797. The molecule has 0 aliphatic carbocycles. The van der Waals surface area contributed by atoms with Crippen LogP contribution in [-0.4, -0.2) is 23.2 Å². The smallest absolute Gasteiger partial charge is 0.122 e. The van der Waals surface area contributed by atoms with Gasteiger partial charge in [-0.25, -0.2) is 0 Å². The predicted octanol–water partition coefficient (Wildman–Crippen LogP) is 1.78. The molecular formula is C12H13N3OS. The third-order valence-electron chi connectivity index (χ3n) is 3.00. The first-order valence-electron chi connectivity index (χ1n) is 5.58. The summed E-state index contributed by atoms with van der Waals surface area (Å²) in [6, 6.07) is 6.53. The normalized spacial score (nSPS) is 15.4. The first-order chi connectivity index (χ1) is 8.38. The zero-order chi connectivity index (χ0) is 11.7. The number of nitrogens with one attached hydrogen (secondary N) is 1. The van der Waals surface area contributed by atoms with Crippen molar-refractivity contribution >= 4 is 11.5 Å². The van der Waals surface area contributed by atoms with E-state index in [0.717, 1.165) is 23.7 Å². The minimum atomic E-state index is 0.167. The summed E-state index contributed by atoms with van der Waals surface area (Å²) < 4.78 is 9.43. The minimum Gasteiger partial charge on any atom is -0.493 e. The monoisotopic (exact) mass is 247 g/mol. The Morgan fingerprint density at radius 3 is 3.18 bits per heavy atom. The topological polar surface area (TPSA) is 47.0 Å². The van der Waals surface area contributed by atoms with E-state index in [0.29, 0.717) is 0 Å². The highest BCUT2D eigenvalue weighted by atomic mass is 32.1. The lowest BCUT2D eigenvalue weighted by atomic mass is 10.0. The van der Waals surface area contributed by atoms with Gasteiger partial charge in [-0.3, -0.25) is 0 Å². The molecule has 1 unspecified atom stereocenters. The second-order valence-corrected chi connectivity index (χ2v) is 4.82. The Labute approximate surface area is 104 Å². The Bertz CT molecular complexity index is 512. The zero-order valence-electron chi connectivity index (χ0n) is 9.51. The van der Waals surface area contributed by atoms with Gasteiger partial charge in [0.1, 0.15) is 5.75 Å². The van der Waals surface area contributed by atoms with Crippen LogP contribution < -0.4 is 10.1 Å². The quantitative estimate of drug-likeness (QED) is 0.898. The van der Waals surface area contributed by atoms with Gasteiger partial charge in [0.25, 0.3) is 0 Å². The minimum absolute atomic E-state index is 0.167. The van der Waals surface area contributed by atoms with Crippen LogP contribution in [0.2, 0.25) is 0 Å².